The first-order valence-corrected chi connectivity index (χ1v) is 7.46. The predicted molar refractivity (Wildman–Crippen MR) is 69.0 cm³/mol. The molecule has 1 fully saturated rings. The van der Waals surface area contributed by atoms with Crippen molar-refractivity contribution < 1.29 is 17.7 Å². The Morgan fingerprint density at radius 3 is 2.70 bits per heavy atom. The van der Waals surface area contributed by atoms with Gasteiger partial charge in [-0.2, -0.15) is 8.70 Å². The van der Waals surface area contributed by atoms with Crippen LogP contribution in [-0.4, -0.2) is 36.8 Å². The number of nitro benzene ring substituents is 1. The van der Waals surface area contributed by atoms with Gasteiger partial charge in [0, 0.05) is 31.3 Å². The highest BCUT2D eigenvalue weighted by Gasteiger charge is 2.30. The van der Waals surface area contributed by atoms with Crippen LogP contribution in [0.3, 0.4) is 0 Å². The third-order valence-corrected chi connectivity index (χ3v) is 5.04. The summed E-state index contributed by atoms with van der Waals surface area (Å²) in [6, 6.07) is 2.32. The molecule has 20 heavy (non-hydrogen) atoms. The van der Waals surface area contributed by atoms with Crippen molar-refractivity contribution in [2.24, 2.45) is 5.73 Å². The number of sulfonamides is 1. The highest BCUT2D eigenvalue weighted by Crippen LogP contribution is 2.24. The summed E-state index contributed by atoms with van der Waals surface area (Å²) < 4.78 is 39.3. The standard InChI is InChI=1S/C11H14FN3O4S/c12-10-6-9(3-4-11(10)15(16)17)20(18,19)14-5-1-2-8(13)7-14/h3-4,6,8H,1-2,5,7,13H2. The molecule has 1 aromatic rings. The van der Waals surface area contributed by atoms with Crippen molar-refractivity contribution in [3.63, 3.8) is 0 Å². The molecule has 1 aliphatic rings. The highest BCUT2D eigenvalue weighted by molar-refractivity contribution is 7.89. The molecule has 0 spiro atoms. The number of hydrogen-bond acceptors (Lipinski definition) is 5. The molecular formula is C11H14FN3O4S. The van der Waals surface area contributed by atoms with E-state index in [-0.39, 0.29) is 17.5 Å². The first-order chi connectivity index (χ1) is 9.32. The topological polar surface area (TPSA) is 107 Å². The van der Waals surface area contributed by atoms with Gasteiger partial charge in [0.2, 0.25) is 15.8 Å². The molecule has 110 valence electrons. The molecule has 1 aliphatic heterocycles. The summed E-state index contributed by atoms with van der Waals surface area (Å²) in [4.78, 5) is 9.32. The van der Waals surface area contributed by atoms with Gasteiger partial charge in [-0.1, -0.05) is 0 Å². The largest absolute Gasteiger partial charge is 0.327 e. The zero-order valence-electron chi connectivity index (χ0n) is 10.5. The van der Waals surface area contributed by atoms with Crippen LogP contribution in [0, 0.1) is 15.9 Å². The van der Waals surface area contributed by atoms with Gasteiger partial charge >= 0.3 is 5.69 Å². The first-order valence-electron chi connectivity index (χ1n) is 6.02. The summed E-state index contributed by atoms with van der Waals surface area (Å²) >= 11 is 0. The lowest BCUT2D eigenvalue weighted by molar-refractivity contribution is -0.387. The molecule has 0 aromatic heterocycles. The third kappa shape index (κ3) is 2.79. The molecule has 0 saturated carbocycles. The minimum atomic E-state index is -3.87. The molecule has 1 aromatic carbocycles. The van der Waals surface area contributed by atoms with Crippen LogP contribution in [0.5, 0.6) is 0 Å². The second kappa shape index (κ2) is 5.43. The smallest absolute Gasteiger partial charge is 0.304 e. The first kappa shape index (κ1) is 14.8. The van der Waals surface area contributed by atoms with Gasteiger partial charge in [0.05, 0.1) is 9.82 Å². The van der Waals surface area contributed by atoms with Crippen molar-refractivity contribution in [3.05, 3.63) is 34.1 Å². The lowest BCUT2D eigenvalue weighted by Gasteiger charge is -2.29. The monoisotopic (exact) mass is 303 g/mol. The number of rotatable bonds is 3. The molecule has 2 rings (SSSR count). The number of nitrogens with zero attached hydrogens (tertiary/aromatic N) is 2. The van der Waals surface area contributed by atoms with Crippen LogP contribution >= 0.6 is 0 Å². The number of piperidine rings is 1. The van der Waals surface area contributed by atoms with E-state index in [1.165, 1.54) is 4.31 Å². The lowest BCUT2D eigenvalue weighted by Crippen LogP contribution is -2.45. The third-order valence-electron chi connectivity index (χ3n) is 3.17. The Hall–Kier alpha value is -1.58. The van der Waals surface area contributed by atoms with Gasteiger partial charge in [-0.05, 0) is 18.9 Å². The van der Waals surface area contributed by atoms with Crippen molar-refractivity contribution >= 4 is 15.7 Å². The van der Waals surface area contributed by atoms with Crippen molar-refractivity contribution in [1.82, 2.24) is 4.31 Å². The molecule has 0 aliphatic carbocycles. The normalized spacial score (nSPS) is 20.8. The number of nitrogens with two attached hydrogens (primary N) is 1. The van der Waals surface area contributed by atoms with Gasteiger partial charge in [0.25, 0.3) is 0 Å². The molecule has 0 bridgehead atoms. The van der Waals surface area contributed by atoms with E-state index >= 15 is 0 Å². The van der Waals surface area contributed by atoms with E-state index in [4.69, 9.17) is 5.73 Å². The van der Waals surface area contributed by atoms with E-state index in [1.54, 1.807) is 0 Å². The quantitative estimate of drug-likeness (QED) is 0.658. The van der Waals surface area contributed by atoms with E-state index in [1.807, 2.05) is 0 Å². The molecule has 9 heteroatoms. The summed E-state index contributed by atoms with van der Waals surface area (Å²) in [7, 11) is -3.87. The minimum Gasteiger partial charge on any atom is -0.327 e. The molecular weight excluding hydrogens is 289 g/mol. The Labute approximate surface area is 115 Å². The Morgan fingerprint density at radius 2 is 2.15 bits per heavy atom. The van der Waals surface area contributed by atoms with Crippen molar-refractivity contribution in [2.75, 3.05) is 13.1 Å². The zero-order valence-corrected chi connectivity index (χ0v) is 11.3. The predicted octanol–water partition coefficient (Wildman–Crippen LogP) is 0.846. The van der Waals surface area contributed by atoms with Gasteiger partial charge in [0.1, 0.15) is 0 Å². The maximum Gasteiger partial charge on any atom is 0.304 e. The van der Waals surface area contributed by atoms with Crippen molar-refractivity contribution in [1.29, 1.82) is 0 Å². The zero-order chi connectivity index (χ0) is 14.9. The van der Waals surface area contributed by atoms with E-state index < -0.39 is 26.5 Å². The maximum atomic E-state index is 13.5. The number of benzene rings is 1. The summed E-state index contributed by atoms with van der Waals surface area (Å²) in [5.41, 5.74) is 4.97. The lowest BCUT2D eigenvalue weighted by atomic mass is 10.1. The van der Waals surface area contributed by atoms with Crippen LogP contribution in [0.4, 0.5) is 10.1 Å². The van der Waals surface area contributed by atoms with Crippen molar-refractivity contribution in [3.8, 4) is 0 Å². The maximum absolute atomic E-state index is 13.5. The molecule has 1 saturated heterocycles. The van der Waals surface area contributed by atoms with E-state index in [0.717, 1.165) is 18.6 Å². The number of hydrogen-bond donors (Lipinski definition) is 1. The van der Waals surface area contributed by atoms with E-state index in [2.05, 4.69) is 0 Å². The molecule has 0 amide bonds. The average molecular weight is 303 g/mol. The SMILES string of the molecule is NC1CCCN(S(=O)(=O)c2ccc([N+](=O)[O-])c(F)c2)C1. The van der Waals surface area contributed by atoms with Crippen LogP contribution in [-0.2, 0) is 10.0 Å². The van der Waals surface area contributed by atoms with E-state index in [0.29, 0.717) is 19.0 Å². The summed E-state index contributed by atoms with van der Waals surface area (Å²) in [6.45, 7) is 0.482. The van der Waals surface area contributed by atoms with E-state index in [9.17, 15) is 22.9 Å². The number of halogens is 1. The molecule has 7 nitrogen and oxygen atoms in total. The number of nitro groups is 1. The van der Waals surface area contributed by atoms with Crippen LogP contribution in [0.2, 0.25) is 0 Å². The highest BCUT2D eigenvalue weighted by atomic mass is 32.2. The fourth-order valence-electron chi connectivity index (χ4n) is 2.14. The fraction of sp³-hybridized carbons (Fsp3) is 0.455. The van der Waals surface area contributed by atoms with Crippen LogP contribution in [0.15, 0.2) is 23.1 Å². The Morgan fingerprint density at radius 1 is 1.45 bits per heavy atom. The van der Waals surface area contributed by atoms with Gasteiger partial charge in [-0.3, -0.25) is 10.1 Å². The Bertz CT molecular complexity index is 635. The second-order valence-corrected chi connectivity index (χ2v) is 6.57. The van der Waals surface area contributed by atoms with Crippen LogP contribution in [0.25, 0.3) is 0 Å². The van der Waals surface area contributed by atoms with Gasteiger partial charge in [-0.25, -0.2) is 8.42 Å². The van der Waals surface area contributed by atoms with Crippen LogP contribution in [0.1, 0.15) is 12.8 Å². The van der Waals surface area contributed by atoms with Gasteiger partial charge in [0.15, 0.2) is 0 Å². The molecule has 2 N–H and O–H groups in total. The van der Waals surface area contributed by atoms with Gasteiger partial charge in [-0.15, -0.1) is 0 Å². The molecule has 1 unspecified atom stereocenters. The fourth-order valence-corrected chi connectivity index (χ4v) is 3.69. The average Bonchev–Trinajstić information content (AvgIpc) is 2.38. The Kier molecular flexibility index (Phi) is 4.02. The summed E-state index contributed by atoms with van der Waals surface area (Å²) in [5, 5.41) is 10.5. The molecule has 1 atom stereocenters. The second-order valence-electron chi connectivity index (χ2n) is 4.64. The molecule has 1 heterocycles. The summed E-state index contributed by atoms with van der Waals surface area (Å²) in [6.07, 6.45) is 1.37. The van der Waals surface area contributed by atoms with Crippen molar-refractivity contribution in [2.45, 2.75) is 23.8 Å². The van der Waals surface area contributed by atoms with Gasteiger partial charge < -0.3 is 5.73 Å². The van der Waals surface area contributed by atoms with Crippen LogP contribution < -0.4 is 5.73 Å². The minimum absolute atomic E-state index is 0.168. The molecule has 0 radical (unpaired) electrons. The Balaban J connectivity index is 2.34. The summed E-state index contributed by atoms with van der Waals surface area (Å²) in [5.74, 6) is -1.17.